The Kier molecular flexibility index (Phi) is 9.34. The van der Waals surface area contributed by atoms with Gasteiger partial charge >= 0.3 is 0 Å². The zero-order chi connectivity index (χ0) is 25.2. The van der Waals surface area contributed by atoms with Gasteiger partial charge in [0.2, 0.25) is 5.91 Å². The number of rotatable bonds is 7. The minimum atomic E-state index is -1.30. The fraction of sp³-hybridized carbons (Fsp3) is 0.320. The highest BCUT2D eigenvalue weighted by atomic mass is 16.5. The zero-order valence-electron chi connectivity index (χ0n) is 19.3. The summed E-state index contributed by atoms with van der Waals surface area (Å²) in [5.74, 6) is 4.44. The van der Waals surface area contributed by atoms with Gasteiger partial charge in [-0.2, -0.15) is 0 Å². The number of carbonyl (C=O) groups is 3. The van der Waals surface area contributed by atoms with Gasteiger partial charge in [-0.05, 0) is 49.4 Å². The third kappa shape index (κ3) is 7.91. The Bertz CT molecular complexity index is 1100. The van der Waals surface area contributed by atoms with Gasteiger partial charge in [0, 0.05) is 35.5 Å². The number of hydroxylamine groups is 1. The summed E-state index contributed by atoms with van der Waals surface area (Å²) in [6.07, 6.45) is -1.20. The molecule has 0 aromatic heterocycles. The number of nitrogens with one attached hydrogen (secondary N) is 3. The number of carbonyl (C=O) groups excluding carboxylic acids is 3. The molecule has 35 heavy (non-hydrogen) atoms. The zero-order valence-corrected chi connectivity index (χ0v) is 19.3. The van der Waals surface area contributed by atoms with Gasteiger partial charge in [0.1, 0.15) is 6.04 Å². The van der Waals surface area contributed by atoms with Crippen LogP contribution in [0.25, 0.3) is 0 Å². The van der Waals surface area contributed by atoms with E-state index in [-0.39, 0.29) is 11.5 Å². The Hall–Kier alpha value is -3.75. The summed E-state index contributed by atoms with van der Waals surface area (Å²) in [6.45, 7) is 4.36. The molecule has 1 fully saturated rings. The van der Waals surface area contributed by atoms with Crippen LogP contribution in [-0.4, -0.2) is 77.9 Å². The summed E-state index contributed by atoms with van der Waals surface area (Å²) >= 11 is 0. The number of morpholine rings is 1. The molecule has 3 rings (SSSR count). The van der Waals surface area contributed by atoms with E-state index in [0.717, 1.165) is 13.1 Å². The van der Waals surface area contributed by atoms with Crippen molar-refractivity contribution < 1.29 is 29.4 Å². The number of nitrogens with zero attached hydrogens (tertiary/aromatic N) is 1. The summed E-state index contributed by atoms with van der Waals surface area (Å²) < 4.78 is 5.29. The van der Waals surface area contributed by atoms with Crippen LogP contribution in [0.15, 0.2) is 48.5 Å². The molecule has 0 bridgehead atoms. The average molecular weight is 481 g/mol. The van der Waals surface area contributed by atoms with Gasteiger partial charge in [-0.1, -0.05) is 17.9 Å². The molecule has 0 saturated carbocycles. The molecule has 1 heterocycles. The highest BCUT2D eigenvalue weighted by molar-refractivity contribution is 5.97. The van der Waals surface area contributed by atoms with Crippen molar-refractivity contribution in [1.29, 1.82) is 0 Å². The van der Waals surface area contributed by atoms with E-state index >= 15 is 0 Å². The van der Waals surface area contributed by atoms with Crippen molar-refractivity contribution in [3.05, 3.63) is 65.2 Å². The molecule has 0 aliphatic carbocycles. The number of aliphatic hydroxyl groups is 1. The average Bonchev–Trinajstić information content (AvgIpc) is 2.86. The molecule has 2 aromatic carbocycles. The third-order valence-electron chi connectivity index (χ3n) is 5.28. The first-order valence-electron chi connectivity index (χ1n) is 11.1. The minimum absolute atomic E-state index is 0.0971. The molecular weight excluding hydrogens is 452 g/mol. The van der Waals surface area contributed by atoms with E-state index in [2.05, 4.69) is 22.5 Å². The predicted octanol–water partition coefficient (Wildman–Crippen LogP) is 0.342. The van der Waals surface area contributed by atoms with Crippen molar-refractivity contribution in [1.82, 2.24) is 15.7 Å². The quantitative estimate of drug-likeness (QED) is 0.219. The SMILES string of the molecule is C[C@@H](O)[C@H](NC(=O)c1ccc(C#Cc2cccc(NC(=O)CN3CCOCC3)c2)cc1)C(=O)NO. The van der Waals surface area contributed by atoms with Crippen LogP contribution in [0.4, 0.5) is 5.69 Å². The van der Waals surface area contributed by atoms with Crippen LogP contribution in [0.5, 0.6) is 0 Å². The van der Waals surface area contributed by atoms with Crippen molar-refractivity contribution in [2.24, 2.45) is 0 Å². The van der Waals surface area contributed by atoms with E-state index in [9.17, 15) is 19.5 Å². The largest absolute Gasteiger partial charge is 0.391 e. The van der Waals surface area contributed by atoms with E-state index in [4.69, 9.17) is 9.94 Å². The Morgan fingerprint density at radius 1 is 1.06 bits per heavy atom. The van der Waals surface area contributed by atoms with Gasteiger partial charge < -0.3 is 20.5 Å². The first-order chi connectivity index (χ1) is 16.9. The Balaban J connectivity index is 1.59. The van der Waals surface area contributed by atoms with Crippen LogP contribution >= 0.6 is 0 Å². The number of aliphatic hydroxyl groups excluding tert-OH is 1. The molecule has 10 heteroatoms. The minimum Gasteiger partial charge on any atom is -0.391 e. The van der Waals surface area contributed by atoms with Crippen molar-refractivity contribution in [3.8, 4) is 11.8 Å². The van der Waals surface area contributed by atoms with Crippen LogP contribution in [0.2, 0.25) is 0 Å². The Morgan fingerprint density at radius 2 is 1.74 bits per heavy atom. The first kappa shape index (κ1) is 25.9. The topological polar surface area (TPSA) is 140 Å². The lowest BCUT2D eigenvalue weighted by atomic mass is 10.1. The van der Waals surface area contributed by atoms with E-state index in [1.54, 1.807) is 24.3 Å². The molecule has 10 nitrogen and oxygen atoms in total. The maximum Gasteiger partial charge on any atom is 0.268 e. The summed E-state index contributed by atoms with van der Waals surface area (Å²) in [7, 11) is 0. The Morgan fingerprint density at radius 3 is 2.40 bits per heavy atom. The molecule has 1 aliphatic heterocycles. The standard InChI is InChI=1S/C25H28N4O6/c1-17(30)23(25(33)28-34)27-24(32)20-9-7-18(8-10-20)5-6-19-3-2-4-21(15-19)26-22(31)16-29-11-13-35-14-12-29/h2-4,7-10,15,17,23,30,34H,11-14,16H2,1H3,(H,26,31)(H,27,32)(H,28,33)/t17-,23+/m1/s1. The smallest absolute Gasteiger partial charge is 0.268 e. The second kappa shape index (κ2) is 12.6. The second-order valence-corrected chi connectivity index (χ2v) is 8.01. The lowest BCUT2D eigenvalue weighted by Gasteiger charge is -2.25. The summed E-state index contributed by atoms with van der Waals surface area (Å²) in [4.78, 5) is 38.3. The maximum absolute atomic E-state index is 12.4. The van der Waals surface area contributed by atoms with Crippen molar-refractivity contribution in [2.45, 2.75) is 19.1 Å². The van der Waals surface area contributed by atoms with E-state index in [1.807, 2.05) is 17.0 Å². The summed E-state index contributed by atoms with van der Waals surface area (Å²) in [5.41, 5.74) is 3.70. The van der Waals surface area contributed by atoms with Crippen LogP contribution < -0.4 is 16.1 Å². The molecule has 2 atom stereocenters. The number of amides is 3. The lowest BCUT2D eigenvalue weighted by Crippen LogP contribution is -2.51. The van der Waals surface area contributed by atoms with Crippen LogP contribution in [-0.2, 0) is 14.3 Å². The molecule has 3 amide bonds. The van der Waals surface area contributed by atoms with Crippen LogP contribution in [0, 0.1) is 11.8 Å². The van der Waals surface area contributed by atoms with Gasteiger partial charge in [-0.25, -0.2) is 5.48 Å². The fourth-order valence-corrected chi connectivity index (χ4v) is 3.39. The monoisotopic (exact) mass is 480 g/mol. The van der Waals surface area contributed by atoms with Gasteiger partial charge in [0.15, 0.2) is 0 Å². The van der Waals surface area contributed by atoms with Crippen LogP contribution in [0.1, 0.15) is 28.4 Å². The van der Waals surface area contributed by atoms with Crippen molar-refractivity contribution >= 4 is 23.4 Å². The number of benzene rings is 2. The molecule has 0 unspecified atom stereocenters. The Labute approximate surface area is 203 Å². The highest BCUT2D eigenvalue weighted by Gasteiger charge is 2.25. The molecular formula is C25H28N4O6. The van der Waals surface area contributed by atoms with E-state index in [1.165, 1.54) is 24.5 Å². The normalized spacial score (nSPS) is 15.2. The van der Waals surface area contributed by atoms with Gasteiger partial charge in [-0.3, -0.25) is 24.5 Å². The van der Waals surface area contributed by atoms with Crippen LogP contribution in [0.3, 0.4) is 0 Å². The number of anilines is 1. The molecule has 0 radical (unpaired) electrons. The lowest BCUT2D eigenvalue weighted by molar-refractivity contribution is -0.133. The number of hydrogen-bond donors (Lipinski definition) is 5. The van der Waals surface area contributed by atoms with E-state index < -0.39 is 24.0 Å². The van der Waals surface area contributed by atoms with Gasteiger partial charge in [0.05, 0.1) is 25.9 Å². The third-order valence-corrected chi connectivity index (χ3v) is 5.28. The molecule has 5 N–H and O–H groups in total. The highest BCUT2D eigenvalue weighted by Crippen LogP contribution is 2.11. The fourth-order valence-electron chi connectivity index (χ4n) is 3.39. The van der Waals surface area contributed by atoms with Gasteiger partial charge in [0.25, 0.3) is 11.8 Å². The van der Waals surface area contributed by atoms with Crippen molar-refractivity contribution in [3.63, 3.8) is 0 Å². The molecule has 2 aromatic rings. The predicted molar refractivity (Wildman–Crippen MR) is 128 cm³/mol. The molecule has 1 aliphatic rings. The molecule has 1 saturated heterocycles. The first-order valence-corrected chi connectivity index (χ1v) is 11.1. The van der Waals surface area contributed by atoms with Gasteiger partial charge in [-0.15, -0.1) is 0 Å². The molecule has 184 valence electrons. The summed E-state index contributed by atoms with van der Waals surface area (Å²) in [6, 6.07) is 12.3. The summed E-state index contributed by atoms with van der Waals surface area (Å²) in [5, 5.41) is 23.6. The number of hydrogen-bond acceptors (Lipinski definition) is 7. The molecule has 0 spiro atoms. The second-order valence-electron chi connectivity index (χ2n) is 8.01. The number of ether oxygens (including phenoxy) is 1. The maximum atomic E-state index is 12.4. The van der Waals surface area contributed by atoms with E-state index in [0.29, 0.717) is 36.6 Å². The van der Waals surface area contributed by atoms with Crippen molar-refractivity contribution in [2.75, 3.05) is 38.2 Å².